The minimum absolute atomic E-state index is 0.563. The summed E-state index contributed by atoms with van der Waals surface area (Å²) in [5, 5.41) is 0. The van der Waals surface area contributed by atoms with Crippen molar-refractivity contribution in [3.05, 3.63) is 36.2 Å². The fraction of sp³-hybridized carbons (Fsp3) is 0.250. The molecule has 0 aromatic carbocycles. The minimum Gasteiger partial charge on any atom is -0.448 e. The zero-order chi connectivity index (χ0) is 8.39. The second kappa shape index (κ2) is 2.81. The Kier molecular flexibility index (Phi) is 1.66. The Balaban J connectivity index is 2.14. The Labute approximate surface area is 69.2 Å². The van der Waals surface area contributed by atoms with E-state index in [1.807, 2.05) is 6.92 Å². The lowest BCUT2D eigenvalue weighted by Crippen LogP contribution is -1.85. The zero-order valence-electron chi connectivity index (χ0n) is 6.65. The van der Waals surface area contributed by atoms with Crippen LogP contribution in [0.25, 0.3) is 0 Å². The van der Waals surface area contributed by atoms with E-state index >= 15 is 0 Å². The highest BCUT2D eigenvalue weighted by Crippen LogP contribution is 2.07. The van der Waals surface area contributed by atoms with Gasteiger partial charge in [-0.15, -0.1) is 0 Å². The molecule has 0 amide bonds. The van der Waals surface area contributed by atoms with Gasteiger partial charge in [-0.3, -0.25) is 0 Å². The summed E-state index contributed by atoms with van der Waals surface area (Å²) in [6, 6.07) is 0. The Morgan fingerprint density at radius 1 is 1.42 bits per heavy atom. The lowest BCUT2D eigenvalue weighted by atomic mass is 10.3. The van der Waals surface area contributed by atoms with Gasteiger partial charge in [0.05, 0.1) is 18.3 Å². The van der Waals surface area contributed by atoms with Crippen molar-refractivity contribution >= 4 is 0 Å². The van der Waals surface area contributed by atoms with Crippen molar-refractivity contribution in [3.63, 3.8) is 0 Å². The first-order chi connectivity index (χ1) is 5.84. The van der Waals surface area contributed by atoms with E-state index in [0.717, 1.165) is 11.5 Å². The summed E-state index contributed by atoms with van der Waals surface area (Å²) in [5.74, 6) is 1.42. The first kappa shape index (κ1) is 7.09. The second-order valence-electron chi connectivity index (χ2n) is 2.53. The first-order valence-electron chi connectivity index (χ1n) is 3.63. The molecule has 0 saturated carbocycles. The number of rotatable bonds is 2. The normalized spacial score (nSPS) is 10.4. The molecule has 0 aliphatic rings. The van der Waals surface area contributed by atoms with E-state index in [-0.39, 0.29) is 0 Å². The molecule has 0 spiro atoms. The molecule has 12 heavy (non-hydrogen) atoms. The molecule has 0 fully saturated rings. The van der Waals surface area contributed by atoms with Crippen LogP contribution in [-0.2, 0) is 6.42 Å². The van der Waals surface area contributed by atoms with Crippen LogP contribution in [0, 0.1) is 6.92 Å². The number of oxazole rings is 2. The van der Waals surface area contributed by atoms with Crippen LogP contribution in [0.5, 0.6) is 0 Å². The van der Waals surface area contributed by atoms with Crippen LogP contribution in [-0.4, -0.2) is 9.97 Å². The lowest BCUT2D eigenvalue weighted by molar-refractivity contribution is 0.463. The molecule has 0 aliphatic heterocycles. The van der Waals surface area contributed by atoms with Gasteiger partial charge in [0.1, 0.15) is 12.0 Å². The smallest absolute Gasteiger partial charge is 0.201 e. The van der Waals surface area contributed by atoms with Crippen molar-refractivity contribution in [1.82, 2.24) is 9.97 Å². The summed E-state index contributed by atoms with van der Waals surface area (Å²) in [4.78, 5) is 7.92. The quantitative estimate of drug-likeness (QED) is 0.675. The maximum absolute atomic E-state index is 5.14. The van der Waals surface area contributed by atoms with Crippen LogP contribution in [0.3, 0.4) is 0 Å². The van der Waals surface area contributed by atoms with E-state index in [4.69, 9.17) is 8.83 Å². The summed E-state index contributed by atoms with van der Waals surface area (Å²) in [6.45, 7) is 1.88. The van der Waals surface area contributed by atoms with Crippen LogP contribution >= 0.6 is 0 Å². The average Bonchev–Trinajstić information content (AvgIpc) is 2.63. The van der Waals surface area contributed by atoms with Gasteiger partial charge >= 0.3 is 0 Å². The maximum atomic E-state index is 5.14. The molecule has 0 saturated heterocycles. The SMILES string of the molecule is Cc1coc(Cc2cnco2)n1. The minimum atomic E-state index is 0.563. The van der Waals surface area contributed by atoms with Gasteiger partial charge in [-0.1, -0.05) is 0 Å². The maximum Gasteiger partial charge on any atom is 0.201 e. The van der Waals surface area contributed by atoms with Gasteiger partial charge in [0.2, 0.25) is 5.89 Å². The highest BCUT2D eigenvalue weighted by molar-refractivity contribution is 5.01. The molecule has 0 radical (unpaired) electrons. The predicted octanol–water partition coefficient (Wildman–Crippen LogP) is 1.56. The predicted molar refractivity (Wildman–Crippen MR) is 40.5 cm³/mol. The van der Waals surface area contributed by atoms with Gasteiger partial charge in [-0.05, 0) is 6.92 Å². The lowest BCUT2D eigenvalue weighted by Gasteiger charge is -1.87. The van der Waals surface area contributed by atoms with E-state index in [9.17, 15) is 0 Å². The van der Waals surface area contributed by atoms with Crippen molar-refractivity contribution < 1.29 is 8.83 Å². The molecule has 2 aromatic rings. The largest absolute Gasteiger partial charge is 0.448 e. The fourth-order valence-electron chi connectivity index (χ4n) is 0.962. The third kappa shape index (κ3) is 1.37. The molecule has 2 rings (SSSR count). The summed E-state index contributed by atoms with van der Waals surface area (Å²) in [5.41, 5.74) is 0.879. The van der Waals surface area contributed by atoms with E-state index < -0.39 is 0 Å². The first-order valence-corrected chi connectivity index (χ1v) is 3.63. The molecule has 0 N–H and O–H groups in total. The van der Waals surface area contributed by atoms with E-state index in [1.54, 1.807) is 12.5 Å². The average molecular weight is 164 g/mol. The third-order valence-corrected chi connectivity index (χ3v) is 1.48. The van der Waals surface area contributed by atoms with Crippen molar-refractivity contribution in [3.8, 4) is 0 Å². The van der Waals surface area contributed by atoms with Gasteiger partial charge in [0, 0.05) is 0 Å². The zero-order valence-corrected chi connectivity index (χ0v) is 6.65. The molecule has 0 bridgehead atoms. The van der Waals surface area contributed by atoms with Crippen LogP contribution in [0.1, 0.15) is 17.3 Å². The van der Waals surface area contributed by atoms with E-state index in [2.05, 4.69) is 9.97 Å². The monoisotopic (exact) mass is 164 g/mol. The Hall–Kier alpha value is -1.58. The van der Waals surface area contributed by atoms with Gasteiger partial charge in [-0.25, -0.2) is 9.97 Å². The molecular weight excluding hydrogens is 156 g/mol. The molecule has 4 nitrogen and oxygen atoms in total. The molecule has 0 unspecified atom stereocenters. The standard InChI is InChI=1S/C8H8N2O2/c1-6-4-11-8(10-6)2-7-3-9-5-12-7/h3-5H,2H2,1H3. The number of aromatic nitrogens is 2. The Morgan fingerprint density at radius 3 is 2.92 bits per heavy atom. The second-order valence-corrected chi connectivity index (χ2v) is 2.53. The van der Waals surface area contributed by atoms with Crippen molar-refractivity contribution in [2.24, 2.45) is 0 Å². The Bertz CT molecular complexity index is 351. The fourth-order valence-corrected chi connectivity index (χ4v) is 0.962. The van der Waals surface area contributed by atoms with Crippen LogP contribution < -0.4 is 0 Å². The van der Waals surface area contributed by atoms with Crippen molar-refractivity contribution in [2.75, 3.05) is 0 Å². The van der Waals surface area contributed by atoms with Crippen LogP contribution in [0.2, 0.25) is 0 Å². The number of hydrogen-bond acceptors (Lipinski definition) is 4. The van der Waals surface area contributed by atoms with E-state index in [0.29, 0.717) is 12.3 Å². The highest BCUT2D eigenvalue weighted by Gasteiger charge is 2.04. The molecule has 62 valence electrons. The molecular formula is C8H8N2O2. The topological polar surface area (TPSA) is 52.1 Å². The number of hydrogen-bond donors (Lipinski definition) is 0. The summed E-state index contributed by atoms with van der Waals surface area (Å²) >= 11 is 0. The summed E-state index contributed by atoms with van der Waals surface area (Å²) in [7, 11) is 0. The van der Waals surface area contributed by atoms with Gasteiger partial charge < -0.3 is 8.83 Å². The molecule has 2 heterocycles. The number of aryl methyl sites for hydroxylation is 1. The van der Waals surface area contributed by atoms with Crippen molar-refractivity contribution in [1.29, 1.82) is 0 Å². The summed E-state index contributed by atoms with van der Waals surface area (Å²) < 4.78 is 10.2. The number of nitrogens with zero attached hydrogens (tertiary/aromatic N) is 2. The van der Waals surface area contributed by atoms with Crippen LogP contribution in [0.15, 0.2) is 27.7 Å². The highest BCUT2D eigenvalue weighted by atomic mass is 16.4. The molecule has 0 aliphatic carbocycles. The summed E-state index contributed by atoms with van der Waals surface area (Å²) in [6.07, 6.45) is 5.23. The molecule has 2 aromatic heterocycles. The van der Waals surface area contributed by atoms with Gasteiger partial charge in [-0.2, -0.15) is 0 Å². The molecule has 0 atom stereocenters. The molecule has 4 heteroatoms. The van der Waals surface area contributed by atoms with Crippen LogP contribution in [0.4, 0.5) is 0 Å². The van der Waals surface area contributed by atoms with E-state index in [1.165, 1.54) is 6.39 Å². The Morgan fingerprint density at radius 2 is 2.33 bits per heavy atom. The van der Waals surface area contributed by atoms with Crippen molar-refractivity contribution in [2.45, 2.75) is 13.3 Å². The third-order valence-electron chi connectivity index (χ3n) is 1.48. The van der Waals surface area contributed by atoms with Gasteiger partial charge in [0.15, 0.2) is 6.39 Å². The van der Waals surface area contributed by atoms with Gasteiger partial charge in [0.25, 0.3) is 0 Å².